The Morgan fingerprint density at radius 1 is 1.42 bits per heavy atom. The first-order chi connectivity index (χ1) is 5.75. The number of rotatable bonds is 2. The normalized spacial score (nSPS) is 38.2. The molecule has 0 aromatic heterocycles. The van der Waals surface area contributed by atoms with E-state index in [0.717, 1.165) is 12.6 Å². The van der Waals surface area contributed by atoms with Gasteiger partial charge in [-0.1, -0.05) is 12.2 Å². The van der Waals surface area contributed by atoms with Gasteiger partial charge in [-0.2, -0.15) is 0 Å². The van der Waals surface area contributed by atoms with Crippen LogP contribution in [0.5, 0.6) is 0 Å². The van der Waals surface area contributed by atoms with Gasteiger partial charge in [-0.25, -0.2) is 0 Å². The molecule has 1 fully saturated rings. The average molecular weight is 165 g/mol. The molecule has 2 rings (SSSR count). The highest BCUT2D eigenvalue weighted by Gasteiger charge is 2.34. The lowest BCUT2D eigenvalue weighted by Gasteiger charge is -2.11. The molecule has 3 nitrogen and oxygen atoms in total. The monoisotopic (exact) mass is 165 g/mol. The molecule has 3 heteroatoms. The van der Waals surface area contributed by atoms with Gasteiger partial charge >= 0.3 is 0 Å². The lowest BCUT2D eigenvalue weighted by atomic mass is 9.94. The number of nitrogens with zero attached hydrogens (tertiary/aromatic N) is 1. The van der Waals surface area contributed by atoms with E-state index >= 15 is 0 Å². The van der Waals surface area contributed by atoms with E-state index in [4.69, 9.17) is 0 Å². The highest BCUT2D eigenvalue weighted by molar-refractivity contribution is 5.13. The predicted octanol–water partition coefficient (Wildman–Crippen LogP) is 1.99. The minimum Gasteiger partial charge on any atom is -0.259 e. The van der Waals surface area contributed by atoms with Gasteiger partial charge in [0.15, 0.2) is 0 Å². The summed E-state index contributed by atoms with van der Waals surface area (Å²) in [6, 6.07) is 0. The fraction of sp³-hybridized carbons (Fsp3) is 0.556. The molecule has 0 heterocycles. The molecule has 3 unspecified atom stereocenters. The first-order valence-electron chi connectivity index (χ1n) is 4.26. The summed E-state index contributed by atoms with van der Waals surface area (Å²) in [7, 11) is 0. The van der Waals surface area contributed by atoms with Gasteiger partial charge < -0.3 is 0 Å². The Labute approximate surface area is 70.9 Å². The van der Waals surface area contributed by atoms with Gasteiger partial charge in [0.05, 0.1) is 4.92 Å². The molecule has 0 aromatic rings. The molecule has 0 saturated heterocycles. The number of allylic oxidation sites excluding steroid dienone is 3. The van der Waals surface area contributed by atoms with Crippen molar-refractivity contribution >= 4 is 0 Å². The number of hydrogen-bond acceptors (Lipinski definition) is 2. The third kappa shape index (κ3) is 1.26. The van der Waals surface area contributed by atoms with Crippen LogP contribution >= 0.6 is 0 Å². The standard InChI is InChI=1S/C9H11NO2/c11-10(12)4-3-9-6-7-1-2-8(9)5-7/h1-4,7-9H,5-6H2. The summed E-state index contributed by atoms with van der Waals surface area (Å²) in [6.45, 7) is 0. The van der Waals surface area contributed by atoms with E-state index in [1.165, 1.54) is 6.42 Å². The van der Waals surface area contributed by atoms with E-state index in [9.17, 15) is 10.1 Å². The summed E-state index contributed by atoms with van der Waals surface area (Å²) < 4.78 is 0. The first-order valence-corrected chi connectivity index (χ1v) is 4.26. The van der Waals surface area contributed by atoms with Crippen molar-refractivity contribution in [3.63, 3.8) is 0 Å². The molecule has 64 valence electrons. The van der Waals surface area contributed by atoms with Crippen molar-refractivity contribution in [2.75, 3.05) is 0 Å². The highest BCUT2D eigenvalue weighted by Crippen LogP contribution is 2.43. The van der Waals surface area contributed by atoms with Crippen molar-refractivity contribution in [1.82, 2.24) is 0 Å². The summed E-state index contributed by atoms with van der Waals surface area (Å²) >= 11 is 0. The van der Waals surface area contributed by atoms with Crippen LogP contribution in [-0.4, -0.2) is 4.92 Å². The summed E-state index contributed by atoms with van der Waals surface area (Å²) in [4.78, 5) is 9.68. The van der Waals surface area contributed by atoms with E-state index in [1.54, 1.807) is 6.08 Å². The Bertz CT molecular complexity index is 257. The maximum atomic E-state index is 10.1. The van der Waals surface area contributed by atoms with Crippen LogP contribution in [0.3, 0.4) is 0 Å². The van der Waals surface area contributed by atoms with Crippen LogP contribution in [0.15, 0.2) is 24.4 Å². The third-order valence-corrected chi connectivity index (χ3v) is 2.79. The van der Waals surface area contributed by atoms with Crippen molar-refractivity contribution in [1.29, 1.82) is 0 Å². The molecule has 2 aliphatic carbocycles. The van der Waals surface area contributed by atoms with Gasteiger partial charge in [-0.3, -0.25) is 10.1 Å². The van der Waals surface area contributed by atoms with Gasteiger partial charge in [0, 0.05) is 0 Å². The molecule has 0 spiro atoms. The van der Waals surface area contributed by atoms with Crippen LogP contribution in [0, 0.1) is 27.9 Å². The molecular formula is C9H11NO2. The Morgan fingerprint density at radius 3 is 2.75 bits per heavy atom. The van der Waals surface area contributed by atoms with Crippen LogP contribution in [0.4, 0.5) is 0 Å². The number of fused-ring (bicyclic) bond motifs is 2. The van der Waals surface area contributed by atoms with E-state index in [0.29, 0.717) is 17.8 Å². The van der Waals surface area contributed by atoms with Crippen LogP contribution in [-0.2, 0) is 0 Å². The fourth-order valence-electron chi connectivity index (χ4n) is 2.23. The van der Waals surface area contributed by atoms with Gasteiger partial charge in [0.2, 0.25) is 6.20 Å². The zero-order valence-corrected chi connectivity index (χ0v) is 6.72. The molecule has 0 radical (unpaired) electrons. The second kappa shape index (κ2) is 2.73. The van der Waals surface area contributed by atoms with Gasteiger partial charge in [-0.05, 0) is 36.7 Å². The Balaban J connectivity index is 1.99. The molecule has 2 aliphatic rings. The largest absolute Gasteiger partial charge is 0.259 e. The highest BCUT2D eigenvalue weighted by atomic mass is 16.6. The maximum absolute atomic E-state index is 10.1. The van der Waals surface area contributed by atoms with Gasteiger partial charge in [0.25, 0.3) is 0 Å². The summed E-state index contributed by atoms with van der Waals surface area (Å²) in [6.07, 6.45) is 9.57. The quantitative estimate of drug-likeness (QED) is 0.357. The first kappa shape index (κ1) is 7.53. The average Bonchev–Trinajstić information content (AvgIpc) is 2.60. The zero-order chi connectivity index (χ0) is 8.55. The molecule has 0 aliphatic heterocycles. The second-order valence-electron chi connectivity index (χ2n) is 3.57. The van der Waals surface area contributed by atoms with Crippen LogP contribution < -0.4 is 0 Å². The van der Waals surface area contributed by atoms with Crippen LogP contribution in [0.1, 0.15) is 12.8 Å². The minimum atomic E-state index is -0.379. The van der Waals surface area contributed by atoms with Crippen molar-refractivity contribution in [2.45, 2.75) is 12.8 Å². The second-order valence-corrected chi connectivity index (χ2v) is 3.57. The topological polar surface area (TPSA) is 43.1 Å². The Hall–Kier alpha value is -1.12. The van der Waals surface area contributed by atoms with Crippen molar-refractivity contribution < 1.29 is 4.92 Å². The van der Waals surface area contributed by atoms with Crippen molar-refractivity contribution in [3.05, 3.63) is 34.5 Å². The molecule has 0 N–H and O–H groups in total. The van der Waals surface area contributed by atoms with Gasteiger partial charge in [-0.15, -0.1) is 0 Å². The molecule has 1 saturated carbocycles. The number of nitro groups is 1. The summed E-state index contributed by atoms with van der Waals surface area (Å²) in [5, 5.41) is 10.1. The fourth-order valence-corrected chi connectivity index (χ4v) is 2.23. The Kier molecular flexibility index (Phi) is 1.71. The van der Waals surface area contributed by atoms with Crippen molar-refractivity contribution in [2.24, 2.45) is 17.8 Å². The van der Waals surface area contributed by atoms with E-state index in [-0.39, 0.29) is 4.92 Å². The van der Waals surface area contributed by atoms with E-state index in [1.807, 2.05) is 0 Å². The smallest absolute Gasteiger partial charge is 0.230 e. The molecule has 12 heavy (non-hydrogen) atoms. The molecular weight excluding hydrogens is 154 g/mol. The Morgan fingerprint density at radius 2 is 2.25 bits per heavy atom. The zero-order valence-electron chi connectivity index (χ0n) is 6.72. The summed E-state index contributed by atoms with van der Waals surface area (Å²) in [5.74, 6) is 1.69. The lowest BCUT2D eigenvalue weighted by molar-refractivity contribution is -0.402. The molecule has 0 amide bonds. The summed E-state index contributed by atoms with van der Waals surface area (Å²) in [5.41, 5.74) is 0. The van der Waals surface area contributed by atoms with Gasteiger partial charge in [0.1, 0.15) is 0 Å². The third-order valence-electron chi connectivity index (χ3n) is 2.79. The predicted molar refractivity (Wildman–Crippen MR) is 45.0 cm³/mol. The minimum absolute atomic E-state index is 0.379. The molecule has 2 bridgehead atoms. The molecule has 0 aromatic carbocycles. The van der Waals surface area contributed by atoms with E-state index < -0.39 is 0 Å². The molecule has 3 atom stereocenters. The lowest BCUT2D eigenvalue weighted by Crippen LogP contribution is -2.03. The van der Waals surface area contributed by atoms with Crippen LogP contribution in [0.2, 0.25) is 0 Å². The maximum Gasteiger partial charge on any atom is 0.230 e. The van der Waals surface area contributed by atoms with Crippen LogP contribution in [0.25, 0.3) is 0 Å². The van der Waals surface area contributed by atoms with Crippen molar-refractivity contribution in [3.8, 4) is 0 Å². The SMILES string of the molecule is O=[N+]([O-])C=CC1CC2C=CC1C2. The van der Waals surface area contributed by atoms with E-state index in [2.05, 4.69) is 12.2 Å². The number of hydrogen-bond donors (Lipinski definition) is 0.